The topological polar surface area (TPSA) is 24.8 Å². The zero-order valence-electron chi connectivity index (χ0n) is 7.72. The first kappa shape index (κ1) is 8.37. The monoisotopic (exact) mass is 156 g/mol. The summed E-state index contributed by atoms with van der Waals surface area (Å²) < 4.78 is 5.60. The fraction of sp³-hybridized carbons (Fsp3) is 0.875. The summed E-state index contributed by atoms with van der Waals surface area (Å²) in [6, 6.07) is 0. The molecule has 11 heavy (non-hydrogen) atoms. The van der Waals surface area contributed by atoms with Gasteiger partial charge in [-0.3, -0.25) is 5.01 Å². The molecule has 0 aromatic carbocycles. The maximum Gasteiger partial charge on any atom is 0.206 e. The van der Waals surface area contributed by atoms with Gasteiger partial charge in [0.05, 0.1) is 6.54 Å². The first-order valence-corrected chi connectivity index (χ1v) is 4.01. The number of hydrazone groups is 1. The van der Waals surface area contributed by atoms with Crippen LogP contribution in [0.5, 0.6) is 0 Å². The van der Waals surface area contributed by atoms with Crippen LogP contribution in [0.3, 0.4) is 0 Å². The molecule has 0 atom stereocenters. The SMILES string of the molecule is CCC1=NN(C)CC(C)(C)O1. The number of hydrogen-bond acceptors (Lipinski definition) is 3. The Morgan fingerprint density at radius 1 is 1.64 bits per heavy atom. The van der Waals surface area contributed by atoms with Crippen molar-refractivity contribution >= 4 is 5.90 Å². The van der Waals surface area contributed by atoms with Gasteiger partial charge in [-0.25, -0.2) is 0 Å². The Bertz CT molecular complexity index is 175. The van der Waals surface area contributed by atoms with E-state index in [9.17, 15) is 0 Å². The molecule has 64 valence electrons. The molecule has 0 aliphatic carbocycles. The van der Waals surface area contributed by atoms with Crippen molar-refractivity contribution in [2.24, 2.45) is 5.10 Å². The highest BCUT2D eigenvalue weighted by atomic mass is 16.5. The van der Waals surface area contributed by atoms with Crippen LogP contribution in [-0.4, -0.2) is 30.1 Å². The number of ether oxygens (including phenoxy) is 1. The molecule has 0 saturated heterocycles. The predicted molar refractivity (Wildman–Crippen MR) is 45.5 cm³/mol. The van der Waals surface area contributed by atoms with Gasteiger partial charge in [0, 0.05) is 13.5 Å². The summed E-state index contributed by atoms with van der Waals surface area (Å²) in [5.41, 5.74) is -0.0815. The first-order chi connectivity index (χ1) is 5.03. The summed E-state index contributed by atoms with van der Waals surface area (Å²) in [5.74, 6) is 0.837. The van der Waals surface area contributed by atoms with Crippen LogP contribution < -0.4 is 0 Å². The van der Waals surface area contributed by atoms with Crippen molar-refractivity contribution in [2.45, 2.75) is 32.8 Å². The fourth-order valence-corrected chi connectivity index (χ4v) is 1.29. The highest BCUT2D eigenvalue weighted by Crippen LogP contribution is 2.17. The molecule has 0 radical (unpaired) electrons. The predicted octanol–water partition coefficient (Wildman–Crippen LogP) is 1.45. The van der Waals surface area contributed by atoms with Crippen LogP contribution in [0.4, 0.5) is 0 Å². The van der Waals surface area contributed by atoms with E-state index in [4.69, 9.17) is 4.74 Å². The second kappa shape index (κ2) is 2.72. The average molecular weight is 156 g/mol. The molecule has 0 aromatic rings. The summed E-state index contributed by atoms with van der Waals surface area (Å²) in [7, 11) is 1.97. The van der Waals surface area contributed by atoms with Gasteiger partial charge in [0.2, 0.25) is 5.90 Å². The molecule has 0 aromatic heterocycles. The third kappa shape index (κ3) is 2.10. The van der Waals surface area contributed by atoms with E-state index in [1.807, 2.05) is 19.0 Å². The third-order valence-corrected chi connectivity index (χ3v) is 1.59. The van der Waals surface area contributed by atoms with Crippen LogP contribution in [0, 0.1) is 0 Å². The van der Waals surface area contributed by atoms with E-state index in [1.165, 1.54) is 0 Å². The highest BCUT2D eigenvalue weighted by molar-refractivity contribution is 5.76. The summed E-state index contributed by atoms with van der Waals surface area (Å²) >= 11 is 0. The molecule has 0 amide bonds. The van der Waals surface area contributed by atoms with Crippen LogP contribution in [0.2, 0.25) is 0 Å². The smallest absolute Gasteiger partial charge is 0.206 e. The zero-order valence-corrected chi connectivity index (χ0v) is 7.72. The van der Waals surface area contributed by atoms with Crippen molar-refractivity contribution in [1.29, 1.82) is 0 Å². The largest absolute Gasteiger partial charge is 0.472 e. The zero-order chi connectivity index (χ0) is 8.48. The quantitative estimate of drug-likeness (QED) is 0.574. The van der Waals surface area contributed by atoms with Gasteiger partial charge in [0.1, 0.15) is 5.60 Å². The Kier molecular flexibility index (Phi) is 2.07. The Hall–Kier alpha value is -0.730. The van der Waals surface area contributed by atoms with Crippen LogP contribution in [-0.2, 0) is 4.74 Å². The second-order valence-corrected chi connectivity index (χ2v) is 3.52. The minimum atomic E-state index is -0.0815. The van der Waals surface area contributed by atoms with E-state index < -0.39 is 0 Å². The lowest BCUT2D eigenvalue weighted by atomic mass is 10.1. The normalized spacial score (nSPS) is 22.5. The minimum absolute atomic E-state index is 0.0815. The lowest BCUT2D eigenvalue weighted by Crippen LogP contribution is -2.43. The molecular formula is C8H16N2O. The number of hydrogen-bond donors (Lipinski definition) is 0. The molecular weight excluding hydrogens is 140 g/mol. The molecule has 0 N–H and O–H groups in total. The number of nitrogens with zero attached hydrogens (tertiary/aromatic N) is 2. The van der Waals surface area contributed by atoms with Gasteiger partial charge in [0.15, 0.2) is 0 Å². The summed E-state index contributed by atoms with van der Waals surface area (Å²) in [6.07, 6.45) is 0.869. The van der Waals surface area contributed by atoms with E-state index >= 15 is 0 Å². The summed E-state index contributed by atoms with van der Waals surface area (Å²) in [5, 5.41) is 6.16. The average Bonchev–Trinajstić information content (AvgIpc) is 1.83. The van der Waals surface area contributed by atoms with Gasteiger partial charge in [0.25, 0.3) is 0 Å². The molecule has 0 fully saturated rings. The molecule has 0 bridgehead atoms. The van der Waals surface area contributed by atoms with Crippen LogP contribution in [0.1, 0.15) is 27.2 Å². The second-order valence-electron chi connectivity index (χ2n) is 3.52. The lowest BCUT2D eigenvalue weighted by molar-refractivity contribution is 0.0281. The summed E-state index contributed by atoms with van der Waals surface area (Å²) in [4.78, 5) is 0. The van der Waals surface area contributed by atoms with Crippen LogP contribution >= 0.6 is 0 Å². The van der Waals surface area contributed by atoms with Gasteiger partial charge in [-0.05, 0) is 13.8 Å². The van der Waals surface area contributed by atoms with Crippen molar-refractivity contribution in [1.82, 2.24) is 5.01 Å². The van der Waals surface area contributed by atoms with Gasteiger partial charge in [-0.1, -0.05) is 6.92 Å². The molecule has 0 unspecified atom stereocenters. The lowest BCUT2D eigenvalue weighted by Gasteiger charge is -2.34. The van der Waals surface area contributed by atoms with Gasteiger partial charge in [-0.2, -0.15) is 0 Å². The summed E-state index contributed by atoms with van der Waals surface area (Å²) in [6.45, 7) is 7.06. The van der Waals surface area contributed by atoms with Crippen LogP contribution in [0.15, 0.2) is 5.10 Å². The standard InChI is InChI=1S/C8H16N2O/c1-5-7-9-10(4)6-8(2,3)11-7/h5-6H2,1-4H3. The molecule has 3 nitrogen and oxygen atoms in total. The number of likely N-dealkylation sites (N-methyl/N-ethyl adjacent to an activating group) is 1. The maximum absolute atomic E-state index is 5.60. The van der Waals surface area contributed by atoms with Crippen molar-refractivity contribution in [3.8, 4) is 0 Å². The van der Waals surface area contributed by atoms with Gasteiger partial charge in [-0.15, -0.1) is 5.10 Å². The Morgan fingerprint density at radius 3 is 2.73 bits per heavy atom. The van der Waals surface area contributed by atoms with E-state index in [-0.39, 0.29) is 5.60 Å². The van der Waals surface area contributed by atoms with E-state index in [0.717, 1.165) is 18.9 Å². The van der Waals surface area contributed by atoms with Crippen molar-refractivity contribution in [2.75, 3.05) is 13.6 Å². The molecule has 0 spiro atoms. The fourth-order valence-electron chi connectivity index (χ4n) is 1.29. The Labute approximate surface area is 68.0 Å². The Balaban J connectivity index is 2.70. The van der Waals surface area contributed by atoms with Gasteiger partial charge < -0.3 is 4.74 Å². The minimum Gasteiger partial charge on any atom is -0.472 e. The molecule has 1 heterocycles. The third-order valence-electron chi connectivity index (χ3n) is 1.59. The Morgan fingerprint density at radius 2 is 2.27 bits per heavy atom. The van der Waals surface area contributed by atoms with E-state index in [0.29, 0.717) is 0 Å². The van der Waals surface area contributed by atoms with Crippen molar-refractivity contribution in [3.05, 3.63) is 0 Å². The molecule has 1 aliphatic heterocycles. The molecule has 1 aliphatic rings. The highest BCUT2D eigenvalue weighted by Gasteiger charge is 2.26. The maximum atomic E-state index is 5.60. The van der Waals surface area contributed by atoms with E-state index in [1.54, 1.807) is 0 Å². The first-order valence-electron chi connectivity index (χ1n) is 4.01. The van der Waals surface area contributed by atoms with Crippen molar-refractivity contribution < 1.29 is 4.74 Å². The molecule has 1 rings (SSSR count). The molecule has 3 heteroatoms. The number of rotatable bonds is 1. The molecule has 0 saturated carbocycles. The van der Waals surface area contributed by atoms with Crippen LogP contribution in [0.25, 0.3) is 0 Å². The van der Waals surface area contributed by atoms with E-state index in [2.05, 4.69) is 18.9 Å². The van der Waals surface area contributed by atoms with Gasteiger partial charge >= 0.3 is 0 Å². The van der Waals surface area contributed by atoms with Crippen molar-refractivity contribution in [3.63, 3.8) is 0 Å².